The second kappa shape index (κ2) is 18.9. The Labute approximate surface area is 326 Å². The number of carbonyl (C=O) groups excluding carboxylic acids is 2. The maximum absolute atomic E-state index is 12.7. The minimum absolute atomic E-state index is 0.00728. The van der Waals surface area contributed by atoms with Crippen molar-refractivity contribution in [2.45, 2.75) is 91.8 Å². The lowest BCUT2D eigenvalue weighted by atomic mass is 9.92. The van der Waals surface area contributed by atoms with Crippen LogP contribution in [0.3, 0.4) is 0 Å². The minimum Gasteiger partial charge on any atom is -0.465 e. The van der Waals surface area contributed by atoms with Crippen LogP contribution in [-0.4, -0.2) is 92.7 Å². The van der Waals surface area contributed by atoms with Gasteiger partial charge in [-0.05, 0) is 67.3 Å². The van der Waals surface area contributed by atoms with Crippen LogP contribution in [0.2, 0.25) is 0 Å². The summed E-state index contributed by atoms with van der Waals surface area (Å²) in [6.07, 6.45) is -0.603. The van der Waals surface area contributed by atoms with Crippen LogP contribution in [0.1, 0.15) is 76.4 Å². The molecule has 302 valence electrons. The molecule has 0 saturated carbocycles. The Hall–Kier alpha value is -5.42. The van der Waals surface area contributed by atoms with Gasteiger partial charge in [0.1, 0.15) is 23.7 Å². The van der Waals surface area contributed by atoms with E-state index in [2.05, 4.69) is 50.5 Å². The van der Waals surface area contributed by atoms with Gasteiger partial charge in [-0.25, -0.2) is 19.6 Å². The Kier molecular flexibility index (Phi) is 14.7. The Morgan fingerprint density at radius 2 is 1.00 bits per heavy atom. The first-order chi connectivity index (χ1) is 26.5. The number of aromatic amines is 2. The molecule has 56 heavy (non-hydrogen) atoms. The summed E-state index contributed by atoms with van der Waals surface area (Å²) >= 11 is 0. The number of carboxylic acid groups (broad SMARTS) is 2. The first-order valence-electron chi connectivity index (χ1n) is 18.4. The Morgan fingerprint density at radius 1 is 0.607 bits per heavy atom. The van der Waals surface area contributed by atoms with E-state index in [9.17, 15) is 19.2 Å². The highest BCUT2D eigenvalue weighted by atomic mass is 16.5. The molecule has 0 saturated heterocycles. The lowest BCUT2D eigenvalue weighted by molar-refractivity contribution is -0.126. The number of carbonyl (C=O) groups is 4. The quantitative estimate of drug-likeness (QED) is 0.0644. The largest absolute Gasteiger partial charge is 0.465 e. The third kappa shape index (κ3) is 10.3. The summed E-state index contributed by atoms with van der Waals surface area (Å²) in [5.41, 5.74) is 7.70. The first-order valence-corrected chi connectivity index (χ1v) is 18.4. The number of rotatable bonds is 17. The van der Waals surface area contributed by atoms with Gasteiger partial charge in [0.15, 0.2) is 0 Å². The highest BCUT2D eigenvalue weighted by Crippen LogP contribution is 2.34. The molecule has 0 radical (unpaired) electrons. The molecule has 2 heterocycles. The maximum Gasteiger partial charge on any atom is 0.411 e. The predicted molar refractivity (Wildman–Crippen MR) is 211 cm³/mol. The number of amides is 4. The minimum atomic E-state index is -1.44. The van der Waals surface area contributed by atoms with Gasteiger partial charge in [0.05, 0.1) is 48.1 Å². The van der Waals surface area contributed by atoms with Crippen molar-refractivity contribution in [1.82, 2.24) is 41.2 Å². The van der Waals surface area contributed by atoms with E-state index < -0.39 is 60.4 Å². The number of imide groups is 2. The molecule has 0 bridgehead atoms. The summed E-state index contributed by atoms with van der Waals surface area (Å²) in [6.45, 7) is 15.4. The van der Waals surface area contributed by atoms with Crippen molar-refractivity contribution >= 4 is 24.0 Å². The molecule has 0 fully saturated rings. The van der Waals surface area contributed by atoms with E-state index in [1.54, 1.807) is 26.2 Å². The number of benzene rings is 2. The zero-order valence-corrected chi connectivity index (χ0v) is 33.5. The van der Waals surface area contributed by atoms with Crippen LogP contribution in [0.5, 0.6) is 0 Å². The molecule has 4 aromatic rings. The summed E-state index contributed by atoms with van der Waals surface area (Å²) in [6, 6.07) is 9.53. The van der Waals surface area contributed by atoms with Crippen molar-refractivity contribution in [3.05, 3.63) is 71.6 Å². The van der Waals surface area contributed by atoms with Crippen LogP contribution in [0.15, 0.2) is 48.8 Å². The summed E-state index contributed by atoms with van der Waals surface area (Å²) in [5, 5.41) is 28.6. The number of aromatic nitrogens is 4. The highest BCUT2D eigenvalue weighted by Gasteiger charge is 2.33. The Morgan fingerprint density at radius 3 is 1.43 bits per heavy atom. The smallest absolute Gasteiger partial charge is 0.411 e. The fourth-order valence-corrected chi connectivity index (χ4v) is 6.58. The van der Waals surface area contributed by atoms with E-state index in [1.165, 1.54) is 14.2 Å². The van der Waals surface area contributed by atoms with Gasteiger partial charge in [0, 0.05) is 19.8 Å². The SMILES string of the molecule is COC(C)C(NC(c1ncc(-c2ccc(-c3ccc(-c4cnc([C@@H](N[C@H](C(=O)NC(=O)O)[C@@H](C)OC)C(C)C)[nH]4)c(C)c3C)cc2)[nH]1)C(C)C)C(=O)NC(=O)O. The van der Waals surface area contributed by atoms with Gasteiger partial charge in [-0.3, -0.25) is 30.9 Å². The van der Waals surface area contributed by atoms with Crippen molar-refractivity contribution in [3.8, 4) is 33.6 Å². The molecule has 16 nitrogen and oxygen atoms in total. The number of hydrogen-bond acceptors (Lipinski definition) is 10. The van der Waals surface area contributed by atoms with E-state index in [0.717, 1.165) is 44.8 Å². The zero-order chi connectivity index (χ0) is 41.4. The molecule has 0 spiro atoms. The Balaban J connectivity index is 1.55. The molecule has 6 atom stereocenters. The fraction of sp³-hybridized carbons (Fsp3) is 0.450. The summed E-state index contributed by atoms with van der Waals surface area (Å²) in [5.74, 6) is -0.239. The number of imidazole rings is 2. The molecule has 2 aromatic heterocycles. The van der Waals surface area contributed by atoms with Crippen LogP contribution in [-0.2, 0) is 19.1 Å². The van der Waals surface area contributed by atoms with Crippen LogP contribution in [0, 0.1) is 25.7 Å². The van der Waals surface area contributed by atoms with Gasteiger partial charge in [0.25, 0.3) is 0 Å². The molecular formula is C40H54N8O8. The average Bonchev–Trinajstić information content (AvgIpc) is 3.83. The maximum atomic E-state index is 12.7. The van der Waals surface area contributed by atoms with Crippen LogP contribution < -0.4 is 21.3 Å². The van der Waals surface area contributed by atoms with E-state index in [1.807, 2.05) is 68.7 Å². The molecule has 8 N–H and O–H groups in total. The number of methoxy groups -OCH3 is 2. The average molecular weight is 775 g/mol. The number of ether oxygens (including phenoxy) is 2. The van der Waals surface area contributed by atoms with Crippen molar-refractivity contribution in [1.29, 1.82) is 0 Å². The number of nitrogens with one attached hydrogen (secondary N) is 6. The molecule has 4 amide bonds. The fourth-order valence-electron chi connectivity index (χ4n) is 6.58. The number of H-pyrrole nitrogens is 2. The second-order valence-electron chi connectivity index (χ2n) is 14.6. The summed E-state index contributed by atoms with van der Waals surface area (Å²) in [7, 11) is 2.92. The van der Waals surface area contributed by atoms with E-state index in [0.29, 0.717) is 11.6 Å². The summed E-state index contributed by atoms with van der Waals surface area (Å²) < 4.78 is 10.8. The molecule has 4 rings (SSSR count). The van der Waals surface area contributed by atoms with Crippen molar-refractivity contribution in [3.63, 3.8) is 0 Å². The number of hydrogen-bond donors (Lipinski definition) is 8. The van der Waals surface area contributed by atoms with E-state index in [4.69, 9.17) is 19.7 Å². The third-order valence-electron chi connectivity index (χ3n) is 10.1. The van der Waals surface area contributed by atoms with E-state index >= 15 is 0 Å². The molecule has 0 aliphatic rings. The normalized spacial score (nSPS) is 14.9. The van der Waals surface area contributed by atoms with Crippen molar-refractivity contribution < 1.29 is 38.9 Å². The molecule has 2 aromatic carbocycles. The molecular weight excluding hydrogens is 720 g/mol. The van der Waals surface area contributed by atoms with Crippen LogP contribution in [0.4, 0.5) is 9.59 Å². The monoisotopic (exact) mass is 774 g/mol. The number of nitrogens with zero attached hydrogens (tertiary/aromatic N) is 2. The van der Waals surface area contributed by atoms with Gasteiger partial charge >= 0.3 is 12.2 Å². The standard InChI is InChI=1S/C40H54N8O8/c1-19(2)31(45-33(23(7)55-9)37(49)47-39(51)52)35-41-17-29(43-35)26-13-11-25(12-14-26)27-15-16-28(22(6)21(27)5)30-18-42-36(44-30)32(20(3)4)46-34(24(8)56-10)38(50)48-40(53)54/h11-20,23-24,31-34,45-46H,1-10H3,(H,41,43)(H,42,44)(H,47,49)(H,48,50)(H,51,52)(H,53,54)/t23?,24-,31?,32+,33?,34+/m1/s1. The third-order valence-corrected chi connectivity index (χ3v) is 10.1. The first kappa shape index (κ1) is 43.3. The van der Waals surface area contributed by atoms with E-state index in [-0.39, 0.29) is 11.8 Å². The lowest BCUT2D eigenvalue weighted by Crippen LogP contribution is -2.53. The van der Waals surface area contributed by atoms with Crippen LogP contribution in [0.25, 0.3) is 33.6 Å². The predicted octanol–water partition coefficient (Wildman–Crippen LogP) is 5.72. The van der Waals surface area contributed by atoms with Crippen molar-refractivity contribution in [2.75, 3.05) is 14.2 Å². The Bertz CT molecular complexity index is 1990. The van der Waals surface area contributed by atoms with Crippen LogP contribution >= 0.6 is 0 Å². The van der Waals surface area contributed by atoms with Gasteiger partial charge in [-0.1, -0.05) is 64.1 Å². The molecule has 0 aliphatic heterocycles. The van der Waals surface area contributed by atoms with Crippen molar-refractivity contribution in [2.24, 2.45) is 11.8 Å². The second-order valence-corrected chi connectivity index (χ2v) is 14.6. The van der Waals surface area contributed by atoms with Gasteiger partial charge in [-0.2, -0.15) is 0 Å². The highest BCUT2D eigenvalue weighted by molar-refractivity contribution is 5.95. The van der Waals surface area contributed by atoms with Gasteiger partial charge < -0.3 is 29.7 Å². The van der Waals surface area contributed by atoms with Gasteiger partial charge in [0.2, 0.25) is 11.8 Å². The molecule has 0 aliphatic carbocycles. The topological polar surface area (TPSA) is 233 Å². The molecule has 16 heteroatoms. The summed E-state index contributed by atoms with van der Waals surface area (Å²) in [4.78, 5) is 63.9. The molecule has 3 unspecified atom stereocenters. The zero-order valence-electron chi connectivity index (χ0n) is 33.5. The van der Waals surface area contributed by atoms with Gasteiger partial charge in [-0.15, -0.1) is 0 Å². The lowest BCUT2D eigenvalue weighted by Gasteiger charge is -2.29.